The minimum atomic E-state index is -1.17. The van der Waals surface area contributed by atoms with Crippen LogP contribution in [0.2, 0.25) is 0 Å². The number of phenols is 1. The average Bonchev–Trinajstić information content (AvgIpc) is 2.73. The van der Waals surface area contributed by atoms with Crippen molar-refractivity contribution in [3.05, 3.63) is 70.1 Å². The number of carbonyl (C=O) groups is 2. The predicted molar refractivity (Wildman–Crippen MR) is 118 cm³/mol. The van der Waals surface area contributed by atoms with Crippen LogP contribution >= 0.6 is 0 Å². The van der Waals surface area contributed by atoms with Gasteiger partial charge >= 0.3 is 5.63 Å². The normalized spacial score (nSPS) is 12.5. The number of aliphatic hydroxyl groups is 1. The van der Waals surface area contributed by atoms with Crippen LogP contribution in [0.3, 0.4) is 0 Å². The molecule has 0 spiro atoms. The van der Waals surface area contributed by atoms with Crippen LogP contribution in [0.25, 0.3) is 11.0 Å². The van der Waals surface area contributed by atoms with E-state index in [0.717, 1.165) is 10.9 Å². The van der Waals surface area contributed by atoms with Crippen LogP contribution in [-0.4, -0.2) is 46.2 Å². The van der Waals surface area contributed by atoms with Gasteiger partial charge in [-0.05, 0) is 42.3 Å². The van der Waals surface area contributed by atoms with Gasteiger partial charge in [-0.15, -0.1) is 0 Å². The van der Waals surface area contributed by atoms with Crippen molar-refractivity contribution in [2.24, 2.45) is 5.73 Å². The van der Waals surface area contributed by atoms with Gasteiger partial charge in [0.2, 0.25) is 11.8 Å². The van der Waals surface area contributed by atoms with Crippen LogP contribution in [0.4, 0.5) is 5.69 Å². The Balaban J connectivity index is 0.00000363. The highest BCUT2D eigenvalue weighted by Crippen LogP contribution is 2.21. The second kappa shape index (κ2) is 10.5. The predicted octanol–water partition coefficient (Wildman–Crippen LogP) is -0.0321. The molecule has 10 nitrogen and oxygen atoms in total. The molecule has 10 heteroatoms. The lowest BCUT2D eigenvalue weighted by Gasteiger charge is -2.20. The lowest BCUT2D eigenvalue weighted by Crippen LogP contribution is -2.52. The van der Waals surface area contributed by atoms with Crippen LogP contribution in [0.15, 0.2) is 57.7 Å². The number of amides is 2. The summed E-state index contributed by atoms with van der Waals surface area (Å²) in [6.45, 7) is 1.22. The third-order valence-electron chi connectivity index (χ3n) is 4.76. The van der Waals surface area contributed by atoms with Crippen molar-refractivity contribution < 1.29 is 29.7 Å². The number of fused-ring (bicyclic) bond motifs is 1. The van der Waals surface area contributed by atoms with E-state index < -0.39 is 36.1 Å². The Morgan fingerprint density at radius 2 is 1.78 bits per heavy atom. The molecule has 1 heterocycles. The van der Waals surface area contributed by atoms with Crippen LogP contribution in [-0.2, 0) is 16.0 Å². The minimum Gasteiger partial charge on any atom is -0.508 e. The Morgan fingerprint density at radius 1 is 1.09 bits per heavy atom. The van der Waals surface area contributed by atoms with E-state index in [1.807, 2.05) is 0 Å². The van der Waals surface area contributed by atoms with E-state index >= 15 is 0 Å². The van der Waals surface area contributed by atoms with E-state index in [2.05, 4.69) is 10.6 Å². The summed E-state index contributed by atoms with van der Waals surface area (Å²) in [6.07, 6.45) is 0.123. The number of aliphatic hydroxyl groups excluding tert-OH is 1. The van der Waals surface area contributed by atoms with Gasteiger partial charge in [-0.2, -0.15) is 0 Å². The standard InChI is InChI=1S/C22H23N3O6.H2O/c1-12-8-20(28)31-19-10-14(4-7-16(12)19)24-22(30)18(25-21(29)17(23)11-26)9-13-2-5-15(27)6-3-13;/h2-8,10,17-18,26-27H,9,11,23H2,1H3,(H,24,30)(H,25,29);1H2/t17-,18-;/m0./s1. The lowest BCUT2D eigenvalue weighted by molar-refractivity contribution is -0.127. The maximum atomic E-state index is 12.9. The van der Waals surface area contributed by atoms with Gasteiger partial charge < -0.3 is 36.5 Å². The number of aromatic hydroxyl groups is 1. The molecule has 0 aliphatic rings. The Bertz CT molecular complexity index is 1160. The number of rotatable bonds is 7. The summed E-state index contributed by atoms with van der Waals surface area (Å²) < 4.78 is 5.20. The SMILES string of the molecule is Cc1cc(=O)oc2cc(NC(=O)[C@H](Cc3ccc(O)cc3)NC(=O)[C@@H](N)CO)ccc12.O. The first-order chi connectivity index (χ1) is 14.8. The van der Waals surface area contributed by atoms with Crippen molar-refractivity contribution in [1.29, 1.82) is 0 Å². The van der Waals surface area contributed by atoms with E-state index in [-0.39, 0.29) is 17.6 Å². The summed E-state index contributed by atoms with van der Waals surface area (Å²) in [5.41, 5.74) is 7.20. The first-order valence-electron chi connectivity index (χ1n) is 9.57. The maximum Gasteiger partial charge on any atom is 0.336 e. The summed E-state index contributed by atoms with van der Waals surface area (Å²) in [5.74, 6) is -1.13. The van der Waals surface area contributed by atoms with Crippen molar-refractivity contribution in [2.45, 2.75) is 25.4 Å². The summed E-state index contributed by atoms with van der Waals surface area (Å²) in [5, 5.41) is 24.5. The van der Waals surface area contributed by atoms with E-state index in [0.29, 0.717) is 16.8 Å². The number of hydrogen-bond donors (Lipinski definition) is 5. The molecule has 0 saturated carbocycles. The maximum absolute atomic E-state index is 12.9. The fraction of sp³-hybridized carbons (Fsp3) is 0.227. The van der Waals surface area contributed by atoms with Gasteiger partial charge in [0.1, 0.15) is 23.4 Å². The Kier molecular flexibility index (Phi) is 8.08. The number of benzene rings is 2. The molecular formula is C22H25N3O7. The molecule has 0 aliphatic carbocycles. The van der Waals surface area contributed by atoms with Gasteiger partial charge in [0.15, 0.2) is 0 Å². The van der Waals surface area contributed by atoms with Gasteiger partial charge in [-0.3, -0.25) is 9.59 Å². The zero-order valence-electron chi connectivity index (χ0n) is 17.3. The highest BCUT2D eigenvalue weighted by Gasteiger charge is 2.24. The molecule has 0 bridgehead atoms. The summed E-state index contributed by atoms with van der Waals surface area (Å²) in [6, 6.07) is 10.3. The smallest absolute Gasteiger partial charge is 0.336 e. The molecule has 3 rings (SSSR count). The summed E-state index contributed by atoms with van der Waals surface area (Å²) in [4.78, 5) is 36.7. The molecule has 0 aliphatic heterocycles. The van der Waals surface area contributed by atoms with Crippen molar-refractivity contribution in [1.82, 2.24) is 5.32 Å². The molecule has 0 fully saturated rings. The van der Waals surface area contributed by atoms with Crippen molar-refractivity contribution in [3.63, 3.8) is 0 Å². The number of carbonyl (C=O) groups excluding carboxylic acids is 2. The molecule has 2 aromatic carbocycles. The number of anilines is 1. The second-order valence-corrected chi connectivity index (χ2v) is 7.17. The Labute approximate surface area is 183 Å². The van der Waals surface area contributed by atoms with Gasteiger partial charge in [0, 0.05) is 29.6 Å². The third-order valence-corrected chi connectivity index (χ3v) is 4.76. The molecule has 170 valence electrons. The summed E-state index contributed by atoms with van der Waals surface area (Å²) in [7, 11) is 0. The van der Waals surface area contributed by atoms with Crippen LogP contribution in [0.1, 0.15) is 11.1 Å². The Morgan fingerprint density at radius 3 is 2.44 bits per heavy atom. The van der Waals surface area contributed by atoms with E-state index in [1.54, 1.807) is 31.2 Å². The Hall–Kier alpha value is -3.73. The molecule has 2 amide bonds. The van der Waals surface area contributed by atoms with Gasteiger partial charge in [-0.25, -0.2) is 4.79 Å². The van der Waals surface area contributed by atoms with Gasteiger partial charge in [-0.1, -0.05) is 12.1 Å². The summed E-state index contributed by atoms with van der Waals surface area (Å²) >= 11 is 0. The monoisotopic (exact) mass is 443 g/mol. The molecular weight excluding hydrogens is 418 g/mol. The second-order valence-electron chi connectivity index (χ2n) is 7.17. The molecule has 3 aromatic rings. The van der Waals surface area contributed by atoms with Crippen LogP contribution in [0, 0.1) is 6.92 Å². The number of nitrogens with two attached hydrogens (primary N) is 1. The number of nitrogens with one attached hydrogen (secondary N) is 2. The van der Waals surface area contributed by atoms with Crippen LogP contribution in [0.5, 0.6) is 5.75 Å². The van der Waals surface area contributed by atoms with Gasteiger partial charge in [0.25, 0.3) is 0 Å². The van der Waals surface area contributed by atoms with Crippen molar-refractivity contribution >= 4 is 28.5 Å². The van der Waals surface area contributed by atoms with E-state index in [1.165, 1.54) is 24.3 Å². The highest BCUT2D eigenvalue weighted by atomic mass is 16.4. The zero-order valence-corrected chi connectivity index (χ0v) is 17.3. The van der Waals surface area contributed by atoms with Crippen molar-refractivity contribution in [3.8, 4) is 5.75 Å². The lowest BCUT2D eigenvalue weighted by atomic mass is 10.0. The molecule has 0 radical (unpaired) electrons. The van der Waals surface area contributed by atoms with E-state index in [9.17, 15) is 19.5 Å². The third kappa shape index (κ3) is 5.91. The number of hydrogen-bond acceptors (Lipinski definition) is 7. The average molecular weight is 443 g/mol. The minimum absolute atomic E-state index is 0. The molecule has 1 aromatic heterocycles. The van der Waals surface area contributed by atoms with E-state index in [4.69, 9.17) is 15.3 Å². The fourth-order valence-corrected chi connectivity index (χ4v) is 3.07. The highest BCUT2D eigenvalue weighted by molar-refractivity contribution is 5.99. The quantitative estimate of drug-likeness (QED) is 0.317. The molecule has 2 atom stereocenters. The topological polar surface area (TPSA) is 186 Å². The van der Waals surface area contributed by atoms with Gasteiger partial charge in [0.05, 0.1) is 6.61 Å². The molecule has 0 saturated heterocycles. The molecule has 8 N–H and O–H groups in total. The fourth-order valence-electron chi connectivity index (χ4n) is 3.07. The number of aryl methyl sites for hydroxylation is 1. The number of phenolic OH excluding ortho intramolecular Hbond substituents is 1. The largest absolute Gasteiger partial charge is 0.508 e. The zero-order chi connectivity index (χ0) is 22.5. The van der Waals surface area contributed by atoms with Crippen molar-refractivity contribution in [2.75, 3.05) is 11.9 Å². The first-order valence-corrected chi connectivity index (χ1v) is 9.57. The first kappa shape index (κ1) is 24.5. The molecule has 32 heavy (non-hydrogen) atoms. The van der Waals surface area contributed by atoms with Crippen LogP contribution < -0.4 is 22.0 Å². The molecule has 0 unspecified atom stereocenters.